The highest BCUT2D eigenvalue weighted by Gasteiger charge is 2.19. The fourth-order valence-electron chi connectivity index (χ4n) is 1.56. The van der Waals surface area contributed by atoms with E-state index in [-0.39, 0.29) is 5.78 Å². The summed E-state index contributed by atoms with van der Waals surface area (Å²) < 4.78 is 6.21. The Kier molecular flexibility index (Phi) is 2.91. The number of ether oxygens (including phenoxy) is 1. The summed E-state index contributed by atoms with van der Waals surface area (Å²) >= 11 is 3.41. The summed E-state index contributed by atoms with van der Waals surface area (Å²) in [5.41, 5.74) is 1.66. The predicted molar refractivity (Wildman–Crippen MR) is 61.9 cm³/mol. The summed E-state index contributed by atoms with van der Waals surface area (Å²) in [6.45, 7) is 2.54. The van der Waals surface area contributed by atoms with Gasteiger partial charge in [-0.3, -0.25) is 4.79 Å². The van der Waals surface area contributed by atoms with Crippen LogP contribution in [0, 0.1) is 6.92 Å². The zero-order valence-corrected chi connectivity index (χ0v) is 10.0. The van der Waals surface area contributed by atoms with Gasteiger partial charge >= 0.3 is 0 Å². The minimum Gasteiger partial charge on any atom is -0.489 e. The van der Waals surface area contributed by atoms with Gasteiger partial charge in [0.15, 0.2) is 5.76 Å². The number of allylic oxidation sites excluding steroid dienone is 1. The molecule has 0 aliphatic carbocycles. The second kappa shape index (κ2) is 4.19. The van der Waals surface area contributed by atoms with Crippen molar-refractivity contribution in [1.29, 1.82) is 0 Å². The molecule has 2 rings (SSSR count). The lowest BCUT2D eigenvalue weighted by Gasteiger charge is -2.07. The van der Waals surface area contributed by atoms with Crippen LogP contribution in [0.3, 0.4) is 0 Å². The van der Waals surface area contributed by atoms with Crippen LogP contribution in [0.1, 0.15) is 22.3 Å². The van der Waals surface area contributed by atoms with Crippen molar-refractivity contribution in [2.75, 3.05) is 6.61 Å². The first-order valence-electron chi connectivity index (χ1n) is 4.83. The van der Waals surface area contributed by atoms with Crippen LogP contribution in [0.2, 0.25) is 0 Å². The minimum absolute atomic E-state index is 0.0219. The van der Waals surface area contributed by atoms with Crippen LogP contribution in [0.4, 0.5) is 0 Å². The van der Waals surface area contributed by atoms with E-state index in [1.807, 2.05) is 31.2 Å². The summed E-state index contributed by atoms with van der Waals surface area (Å²) in [6, 6.07) is 5.61. The maximum absolute atomic E-state index is 12.0. The number of halogens is 1. The molecule has 2 nitrogen and oxygen atoms in total. The van der Waals surface area contributed by atoms with Crippen molar-refractivity contribution in [2.45, 2.75) is 13.3 Å². The van der Waals surface area contributed by atoms with Crippen LogP contribution in [0.25, 0.3) is 0 Å². The van der Waals surface area contributed by atoms with Gasteiger partial charge in [-0.05, 0) is 24.6 Å². The van der Waals surface area contributed by atoms with Crippen LogP contribution in [-0.2, 0) is 4.74 Å². The molecule has 0 bridgehead atoms. The summed E-state index contributed by atoms with van der Waals surface area (Å²) in [4.78, 5) is 12.0. The van der Waals surface area contributed by atoms with E-state index in [1.165, 1.54) is 0 Å². The lowest BCUT2D eigenvalue weighted by atomic mass is 10.0. The summed E-state index contributed by atoms with van der Waals surface area (Å²) in [5.74, 6) is 0.461. The van der Waals surface area contributed by atoms with Crippen LogP contribution in [-0.4, -0.2) is 12.4 Å². The lowest BCUT2D eigenvalue weighted by Crippen LogP contribution is -2.06. The Hall–Kier alpha value is -1.09. The molecule has 1 aromatic carbocycles. The average Bonchev–Trinajstić information content (AvgIpc) is 2.74. The smallest absolute Gasteiger partial charge is 0.227 e. The molecular formula is C12H11BrO2. The van der Waals surface area contributed by atoms with Crippen LogP contribution in [0.5, 0.6) is 0 Å². The molecule has 15 heavy (non-hydrogen) atoms. The van der Waals surface area contributed by atoms with Gasteiger partial charge in [-0.15, -0.1) is 0 Å². The molecule has 0 spiro atoms. The molecule has 3 heteroatoms. The normalized spacial score (nSPS) is 14.7. The third-order valence-corrected chi connectivity index (χ3v) is 3.30. The number of carbonyl (C=O) groups is 1. The molecule has 0 unspecified atom stereocenters. The molecule has 0 radical (unpaired) electrons. The van der Waals surface area contributed by atoms with Crippen LogP contribution in [0.15, 0.2) is 34.5 Å². The molecule has 0 fully saturated rings. The molecule has 1 heterocycles. The molecule has 0 saturated heterocycles. The maximum Gasteiger partial charge on any atom is 0.227 e. The van der Waals surface area contributed by atoms with Gasteiger partial charge in [0.25, 0.3) is 0 Å². The highest BCUT2D eigenvalue weighted by molar-refractivity contribution is 9.10. The quantitative estimate of drug-likeness (QED) is 0.769. The molecule has 0 atom stereocenters. The predicted octanol–water partition coefficient (Wildman–Crippen LogP) is 3.24. The topological polar surface area (TPSA) is 26.3 Å². The van der Waals surface area contributed by atoms with E-state index in [9.17, 15) is 4.79 Å². The molecular weight excluding hydrogens is 256 g/mol. The highest BCUT2D eigenvalue weighted by atomic mass is 79.9. The number of ketones is 1. The molecule has 1 aliphatic rings. The van der Waals surface area contributed by atoms with E-state index >= 15 is 0 Å². The Morgan fingerprint density at radius 1 is 1.47 bits per heavy atom. The number of benzene rings is 1. The van der Waals surface area contributed by atoms with Gasteiger partial charge in [-0.25, -0.2) is 0 Å². The molecule has 1 aromatic rings. The second-order valence-electron chi connectivity index (χ2n) is 3.45. The van der Waals surface area contributed by atoms with Crippen molar-refractivity contribution in [1.82, 2.24) is 0 Å². The van der Waals surface area contributed by atoms with E-state index < -0.39 is 0 Å². The third kappa shape index (κ3) is 1.97. The zero-order chi connectivity index (χ0) is 10.8. The van der Waals surface area contributed by atoms with E-state index in [0.29, 0.717) is 17.9 Å². The molecule has 0 N–H and O–H groups in total. The zero-order valence-electron chi connectivity index (χ0n) is 8.42. The Labute approximate surface area is 97.1 Å². The van der Waals surface area contributed by atoms with Crippen molar-refractivity contribution in [2.24, 2.45) is 0 Å². The number of carbonyl (C=O) groups excluding carboxylic acids is 1. The molecule has 0 saturated carbocycles. The third-order valence-electron chi connectivity index (χ3n) is 2.44. The van der Waals surface area contributed by atoms with E-state index in [2.05, 4.69) is 15.9 Å². The number of hydrogen-bond donors (Lipinski definition) is 0. The van der Waals surface area contributed by atoms with Gasteiger partial charge in [0.05, 0.1) is 6.61 Å². The van der Waals surface area contributed by atoms with Crippen LogP contribution >= 0.6 is 15.9 Å². The monoisotopic (exact) mass is 266 g/mol. The molecule has 1 aliphatic heterocycles. The van der Waals surface area contributed by atoms with Gasteiger partial charge in [0.1, 0.15) is 0 Å². The second-order valence-corrected chi connectivity index (χ2v) is 4.30. The summed E-state index contributed by atoms with van der Waals surface area (Å²) in [6.07, 6.45) is 2.68. The summed E-state index contributed by atoms with van der Waals surface area (Å²) in [7, 11) is 0. The van der Waals surface area contributed by atoms with Crippen molar-refractivity contribution in [3.63, 3.8) is 0 Å². The van der Waals surface area contributed by atoms with Gasteiger partial charge in [-0.2, -0.15) is 0 Å². The SMILES string of the molecule is Cc1c(Br)cccc1C(=O)C1=CCCO1. The summed E-state index contributed by atoms with van der Waals surface area (Å²) in [5, 5.41) is 0. The van der Waals surface area contributed by atoms with Crippen molar-refractivity contribution in [3.8, 4) is 0 Å². The largest absolute Gasteiger partial charge is 0.489 e. The number of rotatable bonds is 2. The van der Waals surface area contributed by atoms with Gasteiger partial charge in [0, 0.05) is 16.5 Å². The first-order chi connectivity index (χ1) is 7.20. The molecule has 0 amide bonds. The van der Waals surface area contributed by atoms with Crippen molar-refractivity contribution >= 4 is 21.7 Å². The van der Waals surface area contributed by atoms with Crippen LogP contribution < -0.4 is 0 Å². The number of Topliss-reactive ketones (excluding diaryl/α,β-unsaturated/α-hetero) is 1. The first-order valence-corrected chi connectivity index (χ1v) is 5.62. The first kappa shape index (κ1) is 10.4. The lowest BCUT2D eigenvalue weighted by molar-refractivity contribution is 0.0941. The van der Waals surface area contributed by atoms with Gasteiger partial charge < -0.3 is 4.74 Å². The van der Waals surface area contributed by atoms with Gasteiger partial charge in [0.2, 0.25) is 5.78 Å². The maximum atomic E-state index is 12.0. The average molecular weight is 267 g/mol. The van der Waals surface area contributed by atoms with Crippen molar-refractivity contribution in [3.05, 3.63) is 45.6 Å². The Bertz CT molecular complexity index is 435. The standard InChI is InChI=1S/C12H11BrO2/c1-8-9(4-2-5-10(8)13)12(14)11-6-3-7-15-11/h2,4-6H,3,7H2,1H3. The fourth-order valence-corrected chi connectivity index (χ4v) is 1.93. The van der Waals surface area contributed by atoms with E-state index in [0.717, 1.165) is 16.5 Å². The van der Waals surface area contributed by atoms with E-state index in [4.69, 9.17) is 4.74 Å². The van der Waals surface area contributed by atoms with Crippen molar-refractivity contribution < 1.29 is 9.53 Å². The Morgan fingerprint density at radius 3 is 2.93 bits per heavy atom. The minimum atomic E-state index is -0.0219. The fraction of sp³-hybridized carbons (Fsp3) is 0.250. The molecule has 0 aromatic heterocycles. The Balaban J connectivity index is 2.37. The Morgan fingerprint density at radius 2 is 2.27 bits per heavy atom. The molecule has 78 valence electrons. The number of hydrogen-bond acceptors (Lipinski definition) is 2. The van der Waals surface area contributed by atoms with E-state index in [1.54, 1.807) is 0 Å². The van der Waals surface area contributed by atoms with Gasteiger partial charge in [-0.1, -0.05) is 28.1 Å². The highest BCUT2D eigenvalue weighted by Crippen LogP contribution is 2.23.